The van der Waals surface area contributed by atoms with E-state index in [0.717, 1.165) is 0 Å². The Bertz CT molecular complexity index is 239. The minimum Gasteiger partial charge on any atom is -0.370 e. The second-order valence-corrected chi connectivity index (χ2v) is 2.80. The van der Waals surface area contributed by atoms with E-state index in [-0.39, 0.29) is 5.76 Å². The number of hydrogen-bond donors (Lipinski definition) is 1. The number of nitrogens with one attached hydrogen (secondary N) is 1. The van der Waals surface area contributed by atoms with E-state index in [1.54, 1.807) is 13.1 Å². The van der Waals surface area contributed by atoms with Crippen molar-refractivity contribution in [3.05, 3.63) is 11.8 Å². The highest BCUT2D eigenvalue weighted by Crippen LogP contribution is 2.25. The molecule has 0 radical (unpaired) electrons. The predicted molar refractivity (Wildman–Crippen MR) is 40.2 cm³/mol. The van der Waals surface area contributed by atoms with E-state index in [1.807, 2.05) is 0 Å². The van der Waals surface area contributed by atoms with Crippen molar-refractivity contribution < 1.29 is 8.91 Å². The van der Waals surface area contributed by atoms with Gasteiger partial charge in [-0.1, -0.05) is 5.16 Å². The van der Waals surface area contributed by atoms with Crippen LogP contribution in [0.1, 0.15) is 19.6 Å². The van der Waals surface area contributed by atoms with Crippen LogP contribution >= 0.6 is 0 Å². The zero-order valence-electron chi connectivity index (χ0n) is 6.81. The van der Waals surface area contributed by atoms with E-state index in [9.17, 15) is 4.39 Å². The number of halogens is 1. The molecular weight excluding hydrogens is 147 g/mol. The van der Waals surface area contributed by atoms with Crippen LogP contribution in [0.2, 0.25) is 0 Å². The number of rotatable bonds is 2. The number of anilines is 1. The molecule has 1 aromatic rings. The quantitative estimate of drug-likeness (QED) is 0.714. The van der Waals surface area contributed by atoms with Crippen molar-refractivity contribution in [3.63, 3.8) is 0 Å². The molecule has 1 aromatic heterocycles. The lowest BCUT2D eigenvalue weighted by Gasteiger charge is -2.06. The van der Waals surface area contributed by atoms with Gasteiger partial charge in [0.1, 0.15) is 0 Å². The Balaban J connectivity index is 2.89. The van der Waals surface area contributed by atoms with Gasteiger partial charge >= 0.3 is 0 Å². The van der Waals surface area contributed by atoms with Crippen LogP contribution in [0.15, 0.2) is 10.6 Å². The molecule has 0 aliphatic heterocycles. The number of alkyl halides is 1. The molecular formula is C7H11FN2O. The molecule has 0 aromatic carbocycles. The predicted octanol–water partition coefficient (Wildman–Crippen LogP) is 1.92. The summed E-state index contributed by atoms with van der Waals surface area (Å²) in [5.74, 6) is 0.785. The Morgan fingerprint density at radius 3 is 2.55 bits per heavy atom. The summed E-state index contributed by atoms with van der Waals surface area (Å²) < 4.78 is 17.8. The molecule has 0 saturated heterocycles. The first kappa shape index (κ1) is 8.04. The highest BCUT2D eigenvalue weighted by atomic mass is 19.1. The van der Waals surface area contributed by atoms with Gasteiger partial charge in [-0.3, -0.25) is 0 Å². The lowest BCUT2D eigenvalue weighted by atomic mass is 10.1. The summed E-state index contributed by atoms with van der Waals surface area (Å²) in [6.45, 7) is 2.85. The van der Waals surface area contributed by atoms with Crippen LogP contribution in [-0.2, 0) is 5.67 Å². The molecule has 0 fully saturated rings. The molecule has 0 saturated carbocycles. The average molecular weight is 158 g/mol. The molecule has 0 aliphatic carbocycles. The van der Waals surface area contributed by atoms with Gasteiger partial charge in [-0.05, 0) is 13.8 Å². The normalized spacial score (nSPS) is 11.6. The van der Waals surface area contributed by atoms with Crippen LogP contribution in [-0.4, -0.2) is 12.2 Å². The van der Waals surface area contributed by atoms with Crippen molar-refractivity contribution >= 4 is 5.82 Å². The third-order valence-electron chi connectivity index (χ3n) is 1.35. The third-order valence-corrected chi connectivity index (χ3v) is 1.35. The fourth-order valence-electron chi connectivity index (χ4n) is 0.673. The standard InChI is InChI=1S/C7H11FN2O/c1-7(2,8)5-4-6(9-3)10-11-5/h4H,1-3H3,(H,9,10). The Kier molecular flexibility index (Phi) is 1.85. The summed E-state index contributed by atoms with van der Waals surface area (Å²) >= 11 is 0. The zero-order chi connectivity index (χ0) is 8.48. The van der Waals surface area contributed by atoms with E-state index < -0.39 is 5.67 Å². The number of aromatic nitrogens is 1. The zero-order valence-corrected chi connectivity index (χ0v) is 6.81. The Labute approximate surface area is 64.6 Å². The lowest BCUT2D eigenvalue weighted by Crippen LogP contribution is -2.06. The fraction of sp³-hybridized carbons (Fsp3) is 0.571. The summed E-state index contributed by atoms with van der Waals surface area (Å²) in [6, 6.07) is 1.54. The summed E-state index contributed by atoms with van der Waals surface area (Å²) in [7, 11) is 1.70. The first-order chi connectivity index (χ1) is 5.04. The van der Waals surface area contributed by atoms with E-state index in [1.165, 1.54) is 13.8 Å². The van der Waals surface area contributed by atoms with Crippen molar-refractivity contribution in [3.8, 4) is 0 Å². The van der Waals surface area contributed by atoms with Crippen LogP contribution in [0.3, 0.4) is 0 Å². The molecule has 1 N–H and O–H groups in total. The lowest BCUT2D eigenvalue weighted by molar-refractivity contribution is 0.163. The van der Waals surface area contributed by atoms with Crippen LogP contribution in [0.5, 0.6) is 0 Å². The number of nitrogens with zero attached hydrogens (tertiary/aromatic N) is 1. The van der Waals surface area contributed by atoms with Gasteiger partial charge < -0.3 is 9.84 Å². The Hall–Kier alpha value is -1.06. The molecule has 3 nitrogen and oxygen atoms in total. The van der Waals surface area contributed by atoms with Crippen LogP contribution < -0.4 is 5.32 Å². The van der Waals surface area contributed by atoms with E-state index in [2.05, 4.69) is 10.5 Å². The molecule has 11 heavy (non-hydrogen) atoms. The minimum atomic E-state index is -1.46. The second-order valence-electron chi connectivity index (χ2n) is 2.80. The molecule has 62 valence electrons. The largest absolute Gasteiger partial charge is 0.370 e. The van der Waals surface area contributed by atoms with Gasteiger partial charge in [0.05, 0.1) is 0 Å². The van der Waals surface area contributed by atoms with Gasteiger partial charge in [-0.2, -0.15) is 0 Å². The van der Waals surface area contributed by atoms with Crippen molar-refractivity contribution in [2.24, 2.45) is 0 Å². The highest BCUT2D eigenvalue weighted by molar-refractivity contribution is 5.33. The van der Waals surface area contributed by atoms with Gasteiger partial charge in [-0.15, -0.1) is 0 Å². The van der Waals surface area contributed by atoms with Crippen LogP contribution in [0, 0.1) is 0 Å². The van der Waals surface area contributed by atoms with Crippen molar-refractivity contribution in [2.45, 2.75) is 19.5 Å². The van der Waals surface area contributed by atoms with Crippen LogP contribution in [0.4, 0.5) is 10.2 Å². The summed E-state index contributed by atoms with van der Waals surface area (Å²) in [6.07, 6.45) is 0. The highest BCUT2D eigenvalue weighted by Gasteiger charge is 2.24. The Morgan fingerprint density at radius 2 is 2.27 bits per heavy atom. The first-order valence-corrected chi connectivity index (χ1v) is 3.38. The minimum absolute atomic E-state index is 0.238. The molecule has 1 rings (SSSR count). The van der Waals surface area contributed by atoms with E-state index >= 15 is 0 Å². The Morgan fingerprint density at radius 1 is 1.64 bits per heavy atom. The summed E-state index contributed by atoms with van der Waals surface area (Å²) in [5.41, 5.74) is -1.46. The second kappa shape index (κ2) is 2.53. The topological polar surface area (TPSA) is 38.1 Å². The molecule has 0 unspecified atom stereocenters. The van der Waals surface area contributed by atoms with Gasteiger partial charge in [0.15, 0.2) is 17.2 Å². The molecule has 0 spiro atoms. The van der Waals surface area contributed by atoms with Crippen molar-refractivity contribution in [2.75, 3.05) is 12.4 Å². The van der Waals surface area contributed by atoms with E-state index in [4.69, 9.17) is 4.52 Å². The molecule has 0 bridgehead atoms. The molecule has 0 amide bonds. The van der Waals surface area contributed by atoms with Crippen LogP contribution in [0.25, 0.3) is 0 Å². The SMILES string of the molecule is CNc1cc(C(C)(C)F)on1. The van der Waals surface area contributed by atoms with Gasteiger partial charge in [0.2, 0.25) is 0 Å². The maximum absolute atomic E-state index is 13.1. The maximum Gasteiger partial charge on any atom is 0.175 e. The molecule has 1 heterocycles. The molecule has 0 atom stereocenters. The van der Waals surface area contributed by atoms with Gasteiger partial charge in [0.25, 0.3) is 0 Å². The molecule has 4 heteroatoms. The van der Waals surface area contributed by atoms with Gasteiger partial charge in [0, 0.05) is 13.1 Å². The molecule has 0 aliphatic rings. The monoisotopic (exact) mass is 158 g/mol. The smallest absolute Gasteiger partial charge is 0.175 e. The van der Waals surface area contributed by atoms with Crippen molar-refractivity contribution in [1.82, 2.24) is 5.16 Å². The fourth-order valence-corrected chi connectivity index (χ4v) is 0.673. The van der Waals surface area contributed by atoms with Gasteiger partial charge in [-0.25, -0.2) is 4.39 Å². The third kappa shape index (κ3) is 1.69. The number of hydrogen-bond acceptors (Lipinski definition) is 3. The summed E-state index contributed by atoms with van der Waals surface area (Å²) in [5, 5.41) is 6.32. The van der Waals surface area contributed by atoms with Crippen molar-refractivity contribution in [1.29, 1.82) is 0 Å². The maximum atomic E-state index is 13.1. The van der Waals surface area contributed by atoms with E-state index in [0.29, 0.717) is 5.82 Å². The average Bonchev–Trinajstić information content (AvgIpc) is 2.32. The first-order valence-electron chi connectivity index (χ1n) is 3.38. The summed E-state index contributed by atoms with van der Waals surface area (Å²) in [4.78, 5) is 0.